The molecule has 1 heterocycles. The summed E-state index contributed by atoms with van der Waals surface area (Å²) in [6.45, 7) is 2.03. The average molecular weight is 351 g/mol. The quantitative estimate of drug-likeness (QED) is 0.866. The number of hydrogen-bond acceptors (Lipinski definition) is 5. The molecular formula is C14H15BrN4O2. The van der Waals surface area contributed by atoms with Crippen molar-refractivity contribution >= 4 is 33.3 Å². The summed E-state index contributed by atoms with van der Waals surface area (Å²) in [5.74, 6) is 0.608. The second-order valence-corrected chi connectivity index (χ2v) is 5.13. The first kappa shape index (κ1) is 15.2. The number of anilines is 2. The van der Waals surface area contributed by atoms with E-state index in [-0.39, 0.29) is 12.5 Å². The molecule has 0 saturated heterocycles. The maximum atomic E-state index is 11.9. The van der Waals surface area contributed by atoms with Crippen molar-refractivity contribution in [3.8, 4) is 5.88 Å². The summed E-state index contributed by atoms with van der Waals surface area (Å²) in [5, 5.41) is 5.70. The Morgan fingerprint density at radius 3 is 2.81 bits per heavy atom. The van der Waals surface area contributed by atoms with Crippen LogP contribution in [0, 0.1) is 6.92 Å². The second kappa shape index (κ2) is 7.03. The van der Waals surface area contributed by atoms with Gasteiger partial charge in [-0.15, -0.1) is 0 Å². The molecule has 0 radical (unpaired) electrons. The van der Waals surface area contributed by atoms with Gasteiger partial charge >= 0.3 is 0 Å². The minimum atomic E-state index is -0.176. The number of aromatic nitrogens is 2. The number of carbonyl (C=O) groups excluding carboxylic acids is 1. The van der Waals surface area contributed by atoms with Crippen LogP contribution in [-0.2, 0) is 4.79 Å². The highest BCUT2D eigenvalue weighted by Crippen LogP contribution is 2.20. The Hall–Kier alpha value is -2.15. The van der Waals surface area contributed by atoms with Gasteiger partial charge in [-0.3, -0.25) is 4.79 Å². The minimum Gasteiger partial charge on any atom is -0.478 e. The molecule has 2 rings (SSSR count). The van der Waals surface area contributed by atoms with Gasteiger partial charge in [0.05, 0.1) is 13.7 Å². The number of ether oxygens (including phenoxy) is 1. The number of hydrogen-bond donors (Lipinski definition) is 2. The lowest BCUT2D eigenvalue weighted by molar-refractivity contribution is -0.114. The highest BCUT2D eigenvalue weighted by Gasteiger charge is 2.08. The average Bonchev–Trinajstić information content (AvgIpc) is 2.49. The molecule has 21 heavy (non-hydrogen) atoms. The van der Waals surface area contributed by atoms with Gasteiger partial charge < -0.3 is 15.4 Å². The molecule has 6 nitrogen and oxygen atoms in total. The van der Waals surface area contributed by atoms with Crippen LogP contribution in [0.3, 0.4) is 0 Å². The van der Waals surface area contributed by atoms with Crippen LogP contribution >= 0.6 is 15.9 Å². The van der Waals surface area contributed by atoms with Crippen molar-refractivity contribution in [3.05, 3.63) is 40.6 Å². The molecular weight excluding hydrogens is 336 g/mol. The van der Waals surface area contributed by atoms with Crippen LogP contribution in [0.15, 0.2) is 35.1 Å². The van der Waals surface area contributed by atoms with E-state index < -0.39 is 0 Å². The molecule has 0 saturated carbocycles. The maximum absolute atomic E-state index is 11.9. The Morgan fingerprint density at radius 2 is 2.10 bits per heavy atom. The number of rotatable bonds is 5. The lowest BCUT2D eigenvalue weighted by atomic mass is 10.2. The van der Waals surface area contributed by atoms with E-state index in [1.165, 1.54) is 19.5 Å². The minimum absolute atomic E-state index is 0.0736. The molecule has 0 aliphatic rings. The number of benzene rings is 1. The highest BCUT2D eigenvalue weighted by atomic mass is 79.9. The van der Waals surface area contributed by atoms with Crippen LogP contribution in [0.5, 0.6) is 5.88 Å². The summed E-state index contributed by atoms with van der Waals surface area (Å²) in [6, 6.07) is 5.62. The largest absolute Gasteiger partial charge is 0.478 e. The smallest absolute Gasteiger partial charge is 0.257 e. The van der Waals surface area contributed by atoms with Gasteiger partial charge in [-0.2, -0.15) is 0 Å². The van der Waals surface area contributed by atoms with Crippen molar-refractivity contribution in [2.24, 2.45) is 0 Å². The SMILES string of the molecule is COc1nccnc1NCC(=O)Nc1ccc(Br)c(C)c1. The predicted molar refractivity (Wildman–Crippen MR) is 84.6 cm³/mol. The lowest BCUT2D eigenvalue weighted by Gasteiger charge is -2.10. The summed E-state index contributed by atoms with van der Waals surface area (Å²) in [6.07, 6.45) is 3.05. The van der Waals surface area contributed by atoms with E-state index in [9.17, 15) is 4.79 Å². The van der Waals surface area contributed by atoms with Gasteiger partial charge in [0.2, 0.25) is 5.91 Å². The normalized spacial score (nSPS) is 10.0. The Labute approximate surface area is 131 Å². The number of amides is 1. The van der Waals surface area contributed by atoms with Crippen LogP contribution in [0.4, 0.5) is 11.5 Å². The van der Waals surface area contributed by atoms with Gasteiger partial charge in [0.15, 0.2) is 5.82 Å². The third kappa shape index (κ3) is 4.16. The first-order valence-corrected chi connectivity index (χ1v) is 7.04. The van der Waals surface area contributed by atoms with Crippen molar-refractivity contribution in [2.45, 2.75) is 6.92 Å². The fourth-order valence-corrected chi connectivity index (χ4v) is 1.93. The van der Waals surface area contributed by atoms with Crippen molar-refractivity contribution < 1.29 is 9.53 Å². The molecule has 0 spiro atoms. The zero-order valence-electron chi connectivity index (χ0n) is 11.7. The third-order valence-electron chi connectivity index (χ3n) is 2.72. The molecule has 0 aliphatic carbocycles. The van der Waals surface area contributed by atoms with E-state index in [0.717, 1.165) is 15.7 Å². The van der Waals surface area contributed by atoms with Crippen LogP contribution in [0.1, 0.15) is 5.56 Å². The third-order valence-corrected chi connectivity index (χ3v) is 3.61. The number of halogens is 1. The van der Waals surface area contributed by atoms with Gasteiger partial charge in [0.25, 0.3) is 5.88 Å². The highest BCUT2D eigenvalue weighted by molar-refractivity contribution is 9.10. The standard InChI is InChI=1S/C14H15BrN4O2/c1-9-7-10(3-4-11(9)15)19-12(20)8-18-13-14(21-2)17-6-5-16-13/h3-7H,8H2,1-2H3,(H,16,18)(H,19,20). The number of methoxy groups -OCH3 is 1. The summed E-state index contributed by atoms with van der Waals surface area (Å²) in [5.41, 5.74) is 1.80. The van der Waals surface area contributed by atoms with Crippen LogP contribution in [0.25, 0.3) is 0 Å². The van der Waals surface area contributed by atoms with Crippen molar-refractivity contribution in [3.63, 3.8) is 0 Å². The molecule has 0 unspecified atom stereocenters. The predicted octanol–water partition coefficient (Wildman–Crippen LogP) is 2.61. The molecule has 1 aromatic heterocycles. The van der Waals surface area contributed by atoms with Crippen LogP contribution < -0.4 is 15.4 Å². The summed E-state index contributed by atoms with van der Waals surface area (Å²) < 4.78 is 6.05. The van der Waals surface area contributed by atoms with Crippen molar-refractivity contribution in [1.82, 2.24) is 9.97 Å². The molecule has 1 aromatic carbocycles. The fourth-order valence-electron chi connectivity index (χ4n) is 1.69. The molecule has 110 valence electrons. The maximum Gasteiger partial charge on any atom is 0.257 e. The lowest BCUT2D eigenvalue weighted by Crippen LogP contribution is -2.22. The first-order valence-electron chi connectivity index (χ1n) is 6.25. The van der Waals surface area contributed by atoms with Gasteiger partial charge in [-0.1, -0.05) is 15.9 Å². The van der Waals surface area contributed by atoms with Crippen LogP contribution in [0.2, 0.25) is 0 Å². The number of aryl methyl sites for hydroxylation is 1. The Morgan fingerprint density at radius 1 is 1.33 bits per heavy atom. The number of nitrogens with zero attached hydrogens (tertiary/aromatic N) is 2. The summed E-state index contributed by atoms with van der Waals surface area (Å²) in [4.78, 5) is 20.0. The van der Waals surface area contributed by atoms with Gasteiger partial charge in [0, 0.05) is 22.6 Å². The molecule has 0 aliphatic heterocycles. The van der Waals surface area contributed by atoms with Gasteiger partial charge in [-0.05, 0) is 30.7 Å². The molecule has 1 amide bonds. The van der Waals surface area contributed by atoms with Gasteiger partial charge in [-0.25, -0.2) is 9.97 Å². The topological polar surface area (TPSA) is 76.1 Å². The zero-order valence-corrected chi connectivity index (χ0v) is 13.3. The molecule has 7 heteroatoms. The van der Waals surface area contributed by atoms with Gasteiger partial charge in [0.1, 0.15) is 0 Å². The van der Waals surface area contributed by atoms with E-state index in [1.807, 2.05) is 25.1 Å². The van der Waals surface area contributed by atoms with Crippen molar-refractivity contribution in [2.75, 3.05) is 24.3 Å². The van der Waals surface area contributed by atoms with E-state index in [1.54, 1.807) is 0 Å². The molecule has 2 N–H and O–H groups in total. The summed E-state index contributed by atoms with van der Waals surface area (Å²) >= 11 is 3.42. The monoisotopic (exact) mass is 350 g/mol. The van der Waals surface area contributed by atoms with E-state index >= 15 is 0 Å². The molecule has 0 fully saturated rings. The fraction of sp³-hybridized carbons (Fsp3) is 0.214. The van der Waals surface area contributed by atoms with E-state index in [0.29, 0.717) is 11.7 Å². The van der Waals surface area contributed by atoms with Crippen molar-refractivity contribution in [1.29, 1.82) is 0 Å². The van der Waals surface area contributed by atoms with E-state index in [4.69, 9.17) is 4.74 Å². The Bertz CT molecular complexity index is 649. The van der Waals surface area contributed by atoms with Crippen LogP contribution in [-0.4, -0.2) is 29.5 Å². The number of nitrogens with one attached hydrogen (secondary N) is 2. The second-order valence-electron chi connectivity index (χ2n) is 4.28. The van der Waals surface area contributed by atoms with E-state index in [2.05, 4.69) is 36.5 Å². The zero-order chi connectivity index (χ0) is 15.2. The molecule has 0 atom stereocenters. The Balaban J connectivity index is 1.94. The first-order chi connectivity index (χ1) is 10.1. The molecule has 2 aromatic rings. The molecule has 0 bridgehead atoms. The summed E-state index contributed by atoms with van der Waals surface area (Å²) in [7, 11) is 1.50. The Kier molecular flexibility index (Phi) is 5.10. The number of carbonyl (C=O) groups is 1.